The Labute approximate surface area is 120 Å². The summed E-state index contributed by atoms with van der Waals surface area (Å²) in [5.74, 6) is 3.27. The summed E-state index contributed by atoms with van der Waals surface area (Å²) in [7, 11) is 0. The fourth-order valence-corrected chi connectivity index (χ4v) is 3.14. The molecule has 0 aliphatic heterocycles. The first-order chi connectivity index (χ1) is 8.90. The maximum Gasteiger partial charge on any atom is 0.0519 e. The zero-order valence-electron chi connectivity index (χ0n) is 13.9. The summed E-state index contributed by atoms with van der Waals surface area (Å²) in [6.45, 7) is 15.6. The van der Waals surface area contributed by atoms with E-state index in [0.29, 0.717) is 12.1 Å². The Morgan fingerprint density at radius 1 is 1.00 bits per heavy atom. The van der Waals surface area contributed by atoms with E-state index in [4.69, 9.17) is 4.74 Å². The molecule has 0 spiro atoms. The molecular formula is C17H35NO. The number of ether oxygens (including phenoxy) is 1. The van der Waals surface area contributed by atoms with Crippen molar-refractivity contribution in [1.82, 2.24) is 5.32 Å². The molecule has 1 aliphatic carbocycles. The van der Waals surface area contributed by atoms with Crippen LogP contribution in [-0.2, 0) is 4.74 Å². The highest BCUT2D eigenvalue weighted by Gasteiger charge is 2.31. The van der Waals surface area contributed by atoms with Crippen LogP contribution in [0.15, 0.2) is 0 Å². The van der Waals surface area contributed by atoms with E-state index in [1.807, 2.05) is 0 Å². The first-order valence-electron chi connectivity index (χ1n) is 8.25. The summed E-state index contributed by atoms with van der Waals surface area (Å²) in [5, 5.41) is 3.62. The van der Waals surface area contributed by atoms with Crippen LogP contribution in [0.25, 0.3) is 0 Å². The lowest BCUT2D eigenvalue weighted by Gasteiger charge is -2.38. The van der Waals surface area contributed by atoms with Crippen LogP contribution in [0, 0.1) is 23.7 Å². The largest absolute Gasteiger partial charge is 0.378 e. The molecule has 1 rings (SSSR count). The normalized spacial score (nSPS) is 28.6. The molecule has 0 amide bonds. The van der Waals surface area contributed by atoms with E-state index in [1.54, 1.807) is 0 Å². The second-order valence-corrected chi connectivity index (χ2v) is 7.28. The summed E-state index contributed by atoms with van der Waals surface area (Å²) in [6.07, 6.45) is 4.49. The van der Waals surface area contributed by atoms with Crippen LogP contribution in [0.1, 0.15) is 60.8 Å². The van der Waals surface area contributed by atoms with E-state index in [0.717, 1.165) is 36.8 Å². The molecule has 2 heteroatoms. The minimum Gasteiger partial charge on any atom is -0.378 e. The number of rotatable bonds is 7. The van der Waals surface area contributed by atoms with E-state index >= 15 is 0 Å². The highest BCUT2D eigenvalue weighted by atomic mass is 16.5. The molecule has 1 fully saturated rings. The summed E-state index contributed by atoms with van der Waals surface area (Å²) in [4.78, 5) is 0. The predicted octanol–water partition coefficient (Wildman–Crippen LogP) is 4.10. The molecular weight excluding hydrogens is 234 g/mol. The Bertz CT molecular complexity index is 237. The molecule has 3 unspecified atom stereocenters. The molecule has 1 saturated carbocycles. The van der Waals surface area contributed by atoms with Crippen LogP contribution in [0.3, 0.4) is 0 Å². The lowest BCUT2D eigenvalue weighted by atomic mass is 9.70. The Balaban J connectivity index is 2.51. The molecule has 0 aromatic rings. The van der Waals surface area contributed by atoms with Crippen molar-refractivity contribution in [2.45, 2.75) is 73.0 Å². The zero-order valence-corrected chi connectivity index (χ0v) is 13.9. The van der Waals surface area contributed by atoms with Crippen molar-refractivity contribution in [2.75, 3.05) is 13.2 Å². The molecule has 114 valence electrons. The van der Waals surface area contributed by atoms with E-state index in [9.17, 15) is 0 Å². The van der Waals surface area contributed by atoms with Crippen molar-refractivity contribution in [3.63, 3.8) is 0 Å². The lowest BCUT2D eigenvalue weighted by molar-refractivity contribution is 0.00724. The molecule has 2 nitrogen and oxygen atoms in total. The van der Waals surface area contributed by atoms with Crippen molar-refractivity contribution in [1.29, 1.82) is 0 Å². The molecule has 19 heavy (non-hydrogen) atoms. The van der Waals surface area contributed by atoms with Gasteiger partial charge in [-0.05, 0) is 63.3 Å². The van der Waals surface area contributed by atoms with Gasteiger partial charge in [0.1, 0.15) is 0 Å². The van der Waals surface area contributed by atoms with Crippen molar-refractivity contribution in [2.24, 2.45) is 23.7 Å². The van der Waals surface area contributed by atoms with Crippen LogP contribution >= 0.6 is 0 Å². The Morgan fingerprint density at radius 3 is 2.21 bits per heavy atom. The summed E-state index contributed by atoms with van der Waals surface area (Å²) in [5.41, 5.74) is 0. The monoisotopic (exact) mass is 269 g/mol. The van der Waals surface area contributed by atoms with Gasteiger partial charge in [-0.1, -0.05) is 27.7 Å². The molecule has 0 heterocycles. The molecule has 0 aromatic heterocycles. The summed E-state index contributed by atoms with van der Waals surface area (Å²) < 4.78 is 5.92. The molecule has 3 atom stereocenters. The molecule has 0 radical (unpaired) electrons. The average Bonchev–Trinajstić information content (AvgIpc) is 2.33. The van der Waals surface area contributed by atoms with Gasteiger partial charge < -0.3 is 10.1 Å². The zero-order chi connectivity index (χ0) is 14.4. The quantitative estimate of drug-likeness (QED) is 0.751. The summed E-state index contributed by atoms with van der Waals surface area (Å²) in [6, 6.07) is 0.592. The van der Waals surface area contributed by atoms with E-state index < -0.39 is 0 Å². The van der Waals surface area contributed by atoms with Gasteiger partial charge in [-0.2, -0.15) is 0 Å². The second kappa shape index (κ2) is 8.26. The van der Waals surface area contributed by atoms with Gasteiger partial charge in [-0.15, -0.1) is 0 Å². The van der Waals surface area contributed by atoms with Crippen LogP contribution < -0.4 is 5.32 Å². The Kier molecular flexibility index (Phi) is 7.38. The minimum absolute atomic E-state index is 0.359. The minimum atomic E-state index is 0.359. The van der Waals surface area contributed by atoms with E-state index in [2.05, 4.69) is 46.9 Å². The fraction of sp³-hybridized carbons (Fsp3) is 1.00. The molecule has 1 N–H and O–H groups in total. The highest BCUT2D eigenvalue weighted by molar-refractivity contribution is 4.83. The second-order valence-electron chi connectivity index (χ2n) is 7.28. The smallest absolute Gasteiger partial charge is 0.0519 e. The van der Waals surface area contributed by atoms with Crippen LogP contribution in [0.5, 0.6) is 0 Å². The van der Waals surface area contributed by atoms with Crippen molar-refractivity contribution < 1.29 is 4.74 Å². The van der Waals surface area contributed by atoms with Gasteiger partial charge in [0.15, 0.2) is 0 Å². The van der Waals surface area contributed by atoms with Crippen molar-refractivity contribution >= 4 is 0 Å². The average molecular weight is 269 g/mol. The number of hydrogen-bond donors (Lipinski definition) is 1. The van der Waals surface area contributed by atoms with Crippen molar-refractivity contribution in [3.8, 4) is 0 Å². The van der Waals surface area contributed by atoms with Gasteiger partial charge in [0.2, 0.25) is 0 Å². The van der Waals surface area contributed by atoms with Gasteiger partial charge in [0, 0.05) is 6.04 Å². The third kappa shape index (κ3) is 6.27. The van der Waals surface area contributed by atoms with Gasteiger partial charge in [-0.25, -0.2) is 0 Å². The predicted molar refractivity (Wildman–Crippen MR) is 83.4 cm³/mol. The van der Waals surface area contributed by atoms with Gasteiger partial charge in [0.05, 0.1) is 12.7 Å². The highest BCUT2D eigenvalue weighted by Crippen LogP contribution is 2.37. The van der Waals surface area contributed by atoms with E-state index in [1.165, 1.54) is 19.3 Å². The van der Waals surface area contributed by atoms with Crippen LogP contribution in [0.4, 0.5) is 0 Å². The number of hydrogen-bond acceptors (Lipinski definition) is 2. The third-order valence-corrected chi connectivity index (χ3v) is 4.56. The molecule has 0 bridgehead atoms. The topological polar surface area (TPSA) is 21.3 Å². The van der Waals surface area contributed by atoms with E-state index in [-0.39, 0.29) is 0 Å². The first kappa shape index (κ1) is 17.0. The van der Waals surface area contributed by atoms with Crippen LogP contribution in [0.2, 0.25) is 0 Å². The third-order valence-electron chi connectivity index (χ3n) is 4.56. The standard InChI is InChI=1S/C17H35NO/c1-12(2)15-7-8-16(10-18-13(3)4)17(9-15)11-19-14(5)6/h12-18H,7-11H2,1-6H3. The Hall–Kier alpha value is -0.0800. The SMILES string of the molecule is CC(C)NCC1CCC(C(C)C)CC1COC(C)C. The van der Waals surface area contributed by atoms with Gasteiger partial charge in [-0.3, -0.25) is 0 Å². The molecule has 0 saturated heterocycles. The maximum absolute atomic E-state index is 5.92. The fourth-order valence-electron chi connectivity index (χ4n) is 3.14. The van der Waals surface area contributed by atoms with Crippen molar-refractivity contribution in [3.05, 3.63) is 0 Å². The van der Waals surface area contributed by atoms with Gasteiger partial charge >= 0.3 is 0 Å². The molecule has 1 aliphatic rings. The Morgan fingerprint density at radius 2 is 1.68 bits per heavy atom. The maximum atomic E-state index is 5.92. The van der Waals surface area contributed by atoms with Gasteiger partial charge in [0.25, 0.3) is 0 Å². The van der Waals surface area contributed by atoms with Crippen LogP contribution in [-0.4, -0.2) is 25.3 Å². The summed E-state index contributed by atoms with van der Waals surface area (Å²) >= 11 is 0. The first-order valence-corrected chi connectivity index (χ1v) is 8.25. The number of nitrogens with one attached hydrogen (secondary N) is 1. The lowest BCUT2D eigenvalue weighted by Crippen LogP contribution is -2.38. The molecule has 0 aromatic carbocycles.